The molecule has 2 amide bonds. The number of carbonyl (C=O) groups excluding carboxylic acids is 1. The molecule has 0 heterocycles. The minimum absolute atomic E-state index is 0.0448. The van der Waals surface area contributed by atoms with Gasteiger partial charge in [-0.3, -0.25) is 0 Å². The van der Waals surface area contributed by atoms with Crippen molar-refractivity contribution in [2.24, 2.45) is 17.8 Å². The van der Waals surface area contributed by atoms with Crippen LogP contribution in [0, 0.1) is 17.8 Å². The first-order chi connectivity index (χ1) is 9.01. The Morgan fingerprint density at radius 3 is 2.47 bits per heavy atom. The Balaban J connectivity index is 1.80. The number of aliphatic carboxylic acids is 1. The smallest absolute Gasteiger partial charge is 0.328 e. The fourth-order valence-electron chi connectivity index (χ4n) is 3.61. The standard InChI is InChI=1S/C13H22N2O4/c1-7(10-5-8-2-3-9(10)4-8)14-13(19)15-11(6-16)12(17)18/h7-11,16H,2-6H2,1H3,(H,17,18)(H2,14,15,19)/t7?,8?,9?,10?,11-/m1/s1. The third-order valence-electron chi connectivity index (χ3n) is 4.58. The van der Waals surface area contributed by atoms with Gasteiger partial charge in [-0.15, -0.1) is 0 Å². The fourth-order valence-corrected chi connectivity index (χ4v) is 3.61. The van der Waals surface area contributed by atoms with Crippen molar-refractivity contribution < 1.29 is 19.8 Å². The molecule has 2 aliphatic rings. The molecule has 0 radical (unpaired) electrons. The van der Waals surface area contributed by atoms with E-state index in [0.717, 1.165) is 12.3 Å². The number of hydrogen-bond donors (Lipinski definition) is 4. The van der Waals surface area contributed by atoms with Gasteiger partial charge in [0.05, 0.1) is 6.61 Å². The van der Waals surface area contributed by atoms with Crippen molar-refractivity contribution in [1.82, 2.24) is 10.6 Å². The predicted octanol–water partition coefficient (Wildman–Crippen LogP) is 0.556. The molecule has 5 atom stereocenters. The van der Waals surface area contributed by atoms with Gasteiger partial charge in [0.2, 0.25) is 0 Å². The summed E-state index contributed by atoms with van der Waals surface area (Å²) in [5.41, 5.74) is 0. The van der Waals surface area contributed by atoms with Crippen LogP contribution in [0.5, 0.6) is 0 Å². The van der Waals surface area contributed by atoms with Crippen LogP contribution in [0.2, 0.25) is 0 Å². The topological polar surface area (TPSA) is 98.7 Å². The molecule has 2 aliphatic carbocycles. The highest BCUT2D eigenvalue weighted by Gasteiger charge is 2.42. The summed E-state index contributed by atoms with van der Waals surface area (Å²) >= 11 is 0. The summed E-state index contributed by atoms with van der Waals surface area (Å²) in [5, 5.41) is 22.7. The second-order valence-corrected chi connectivity index (χ2v) is 5.82. The van der Waals surface area contributed by atoms with E-state index >= 15 is 0 Å². The maximum Gasteiger partial charge on any atom is 0.328 e. The number of nitrogens with one attached hydrogen (secondary N) is 2. The van der Waals surface area contributed by atoms with Gasteiger partial charge < -0.3 is 20.8 Å². The zero-order valence-corrected chi connectivity index (χ0v) is 11.1. The molecule has 0 saturated heterocycles. The van der Waals surface area contributed by atoms with Crippen molar-refractivity contribution >= 4 is 12.0 Å². The highest BCUT2D eigenvalue weighted by molar-refractivity contribution is 5.82. The van der Waals surface area contributed by atoms with Gasteiger partial charge >= 0.3 is 12.0 Å². The summed E-state index contributed by atoms with van der Waals surface area (Å²) in [4.78, 5) is 22.4. The molecule has 6 heteroatoms. The lowest BCUT2D eigenvalue weighted by Crippen LogP contribution is -2.51. The molecule has 6 nitrogen and oxygen atoms in total. The van der Waals surface area contributed by atoms with Crippen molar-refractivity contribution in [1.29, 1.82) is 0 Å². The van der Waals surface area contributed by atoms with Crippen LogP contribution in [-0.2, 0) is 4.79 Å². The zero-order chi connectivity index (χ0) is 14.0. The van der Waals surface area contributed by atoms with Crippen molar-refractivity contribution in [3.63, 3.8) is 0 Å². The summed E-state index contributed by atoms with van der Waals surface area (Å²) in [6, 6.07) is -1.72. The lowest BCUT2D eigenvalue weighted by Gasteiger charge is -2.28. The minimum Gasteiger partial charge on any atom is -0.480 e. The molecule has 108 valence electrons. The lowest BCUT2D eigenvalue weighted by molar-refractivity contribution is -0.140. The number of carboxylic acids is 1. The summed E-state index contributed by atoms with van der Waals surface area (Å²) < 4.78 is 0. The number of rotatable bonds is 5. The fraction of sp³-hybridized carbons (Fsp3) is 0.846. The van der Waals surface area contributed by atoms with E-state index in [1.165, 1.54) is 19.3 Å². The largest absolute Gasteiger partial charge is 0.480 e. The first-order valence-corrected chi connectivity index (χ1v) is 6.92. The second-order valence-electron chi connectivity index (χ2n) is 5.82. The molecule has 2 saturated carbocycles. The Morgan fingerprint density at radius 2 is 2.00 bits per heavy atom. The number of carbonyl (C=O) groups is 2. The zero-order valence-electron chi connectivity index (χ0n) is 11.1. The number of carboxylic acid groups (broad SMARTS) is 1. The molecule has 2 rings (SSSR count). The molecule has 4 unspecified atom stereocenters. The van der Waals surface area contributed by atoms with Crippen molar-refractivity contribution in [3.05, 3.63) is 0 Å². The van der Waals surface area contributed by atoms with E-state index in [-0.39, 0.29) is 6.04 Å². The first kappa shape index (κ1) is 14.1. The summed E-state index contributed by atoms with van der Waals surface area (Å²) in [5.74, 6) is 0.784. The highest BCUT2D eigenvalue weighted by Crippen LogP contribution is 2.49. The van der Waals surface area contributed by atoms with E-state index in [1.54, 1.807) is 0 Å². The molecule has 0 spiro atoms. The minimum atomic E-state index is -1.24. The van der Waals surface area contributed by atoms with E-state index in [2.05, 4.69) is 10.6 Å². The normalized spacial score (nSPS) is 31.8. The Bertz CT molecular complexity index is 361. The lowest BCUT2D eigenvalue weighted by atomic mass is 9.84. The van der Waals surface area contributed by atoms with Crippen LogP contribution in [0.25, 0.3) is 0 Å². The molecule has 0 aromatic carbocycles. The molecule has 4 N–H and O–H groups in total. The monoisotopic (exact) mass is 270 g/mol. The van der Waals surface area contributed by atoms with Gasteiger partial charge in [0, 0.05) is 6.04 Å². The molecular weight excluding hydrogens is 248 g/mol. The van der Waals surface area contributed by atoms with Gasteiger partial charge in [0.25, 0.3) is 0 Å². The van der Waals surface area contributed by atoms with Gasteiger partial charge in [-0.25, -0.2) is 9.59 Å². The molecule has 0 aliphatic heterocycles. The molecule has 2 bridgehead atoms. The maximum absolute atomic E-state index is 11.7. The molecular formula is C13H22N2O4. The van der Waals surface area contributed by atoms with Gasteiger partial charge in [-0.05, 0) is 43.9 Å². The number of urea groups is 1. The average molecular weight is 270 g/mol. The SMILES string of the molecule is CC(NC(=O)N[C@H](CO)C(=O)O)C1CC2CCC1C2. The van der Waals surface area contributed by atoms with E-state index < -0.39 is 24.6 Å². The molecule has 0 aromatic rings. The summed E-state index contributed by atoms with van der Waals surface area (Å²) in [7, 11) is 0. The van der Waals surface area contributed by atoms with Crippen LogP contribution < -0.4 is 10.6 Å². The maximum atomic E-state index is 11.7. The van der Waals surface area contributed by atoms with E-state index in [9.17, 15) is 9.59 Å². The number of aliphatic hydroxyl groups excluding tert-OH is 1. The van der Waals surface area contributed by atoms with Crippen LogP contribution in [0.3, 0.4) is 0 Å². The summed E-state index contributed by atoms with van der Waals surface area (Å²) in [6.07, 6.45) is 4.99. The second kappa shape index (κ2) is 5.77. The van der Waals surface area contributed by atoms with Gasteiger partial charge in [-0.1, -0.05) is 6.42 Å². The first-order valence-electron chi connectivity index (χ1n) is 6.92. The quantitative estimate of drug-likeness (QED) is 0.586. The third-order valence-corrected chi connectivity index (χ3v) is 4.58. The third kappa shape index (κ3) is 3.18. The van der Waals surface area contributed by atoms with E-state index in [4.69, 9.17) is 10.2 Å². The highest BCUT2D eigenvalue weighted by atomic mass is 16.4. The van der Waals surface area contributed by atoms with Gasteiger partial charge in [-0.2, -0.15) is 0 Å². The van der Waals surface area contributed by atoms with Crippen molar-refractivity contribution in [2.45, 2.75) is 44.7 Å². The molecule has 19 heavy (non-hydrogen) atoms. The number of fused-ring (bicyclic) bond motifs is 2. The average Bonchev–Trinajstić information content (AvgIpc) is 2.97. The number of hydrogen-bond acceptors (Lipinski definition) is 3. The predicted molar refractivity (Wildman–Crippen MR) is 68.6 cm³/mol. The van der Waals surface area contributed by atoms with Crippen molar-refractivity contribution in [3.8, 4) is 0 Å². The van der Waals surface area contributed by atoms with Crippen LogP contribution in [0.15, 0.2) is 0 Å². The van der Waals surface area contributed by atoms with E-state index in [1.807, 2.05) is 6.92 Å². The van der Waals surface area contributed by atoms with E-state index in [0.29, 0.717) is 11.8 Å². The van der Waals surface area contributed by atoms with Crippen LogP contribution in [-0.4, -0.2) is 40.9 Å². The number of amides is 2. The summed E-state index contributed by atoms with van der Waals surface area (Å²) in [6.45, 7) is 1.37. The van der Waals surface area contributed by atoms with Crippen LogP contribution >= 0.6 is 0 Å². The van der Waals surface area contributed by atoms with Gasteiger partial charge in [0.15, 0.2) is 6.04 Å². The van der Waals surface area contributed by atoms with Crippen molar-refractivity contribution in [2.75, 3.05) is 6.61 Å². The van der Waals surface area contributed by atoms with Crippen LogP contribution in [0.1, 0.15) is 32.6 Å². The molecule has 0 aromatic heterocycles. The molecule has 2 fully saturated rings. The Hall–Kier alpha value is -1.30. The Kier molecular flexibility index (Phi) is 4.29. The Labute approximate surface area is 112 Å². The number of aliphatic hydroxyl groups is 1. The van der Waals surface area contributed by atoms with Crippen LogP contribution in [0.4, 0.5) is 4.79 Å². The van der Waals surface area contributed by atoms with Gasteiger partial charge in [0.1, 0.15) is 0 Å². The Morgan fingerprint density at radius 1 is 1.26 bits per heavy atom.